The normalized spacial score (nSPS) is 14.7. The standard InChI is InChI=1S/C24H29ClN4O4S2/c1-27(2)13-6-16-29(24-26-21-20(33-3)12-11-19(25)22(21)34-24)23(30)17-7-9-18(10-8-17)35(31,32)28-14-4-5-15-28/h7-12H,4-6,13-16H2,1-3H3. The molecule has 188 valence electrons. The Morgan fingerprint density at radius 2 is 1.80 bits per heavy atom. The first-order valence-corrected chi connectivity index (χ1v) is 14.1. The number of anilines is 1. The largest absolute Gasteiger partial charge is 0.494 e. The van der Waals surface area contributed by atoms with Crippen molar-refractivity contribution in [3.63, 3.8) is 0 Å². The number of hydrogen-bond donors (Lipinski definition) is 0. The molecule has 4 rings (SSSR count). The van der Waals surface area contributed by atoms with Gasteiger partial charge >= 0.3 is 0 Å². The van der Waals surface area contributed by atoms with Crippen LogP contribution in [0.5, 0.6) is 5.75 Å². The van der Waals surface area contributed by atoms with Gasteiger partial charge in [-0.05, 0) is 76.3 Å². The molecule has 2 heterocycles. The minimum Gasteiger partial charge on any atom is -0.494 e. The first kappa shape index (κ1) is 25.8. The number of rotatable bonds is 9. The second kappa shape index (κ2) is 10.8. The molecular formula is C24H29ClN4O4S2. The lowest BCUT2D eigenvalue weighted by atomic mass is 10.2. The molecule has 0 N–H and O–H groups in total. The summed E-state index contributed by atoms with van der Waals surface area (Å²) in [5, 5.41) is 1.06. The van der Waals surface area contributed by atoms with E-state index in [1.165, 1.54) is 27.8 Å². The fourth-order valence-corrected chi connectivity index (χ4v) is 6.85. The van der Waals surface area contributed by atoms with Gasteiger partial charge in [-0.25, -0.2) is 13.4 Å². The monoisotopic (exact) mass is 536 g/mol. The van der Waals surface area contributed by atoms with Crippen molar-refractivity contribution in [1.82, 2.24) is 14.2 Å². The fraction of sp³-hybridized carbons (Fsp3) is 0.417. The second-order valence-corrected chi connectivity index (χ2v) is 12.0. The van der Waals surface area contributed by atoms with Gasteiger partial charge in [0.15, 0.2) is 5.13 Å². The quantitative estimate of drug-likeness (QED) is 0.404. The Balaban J connectivity index is 1.66. The zero-order valence-corrected chi connectivity index (χ0v) is 22.4. The van der Waals surface area contributed by atoms with Crippen LogP contribution in [0.2, 0.25) is 5.02 Å². The summed E-state index contributed by atoms with van der Waals surface area (Å²) in [6, 6.07) is 9.68. The number of methoxy groups -OCH3 is 1. The van der Waals surface area contributed by atoms with Gasteiger partial charge in [0.25, 0.3) is 5.91 Å². The highest BCUT2D eigenvalue weighted by Crippen LogP contribution is 2.39. The van der Waals surface area contributed by atoms with Gasteiger partial charge in [-0.2, -0.15) is 4.31 Å². The minimum atomic E-state index is -3.54. The van der Waals surface area contributed by atoms with Crippen LogP contribution in [0.1, 0.15) is 29.6 Å². The van der Waals surface area contributed by atoms with Crippen LogP contribution in [0.25, 0.3) is 10.2 Å². The Hall–Kier alpha value is -2.24. The topological polar surface area (TPSA) is 83.0 Å². The molecule has 0 aliphatic carbocycles. The summed E-state index contributed by atoms with van der Waals surface area (Å²) in [5.74, 6) is 0.340. The molecule has 35 heavy (non-hydrogen) atoms. The van der Waals surface area contributed by atoms with Crippen molar-refractivity contribution >= 4 is 54.2 Å². The summed E-state index contributed by atoms with van der Waals surface area (Å²) in [6.45, 7) is 2.31. The maximum absolute atomic E-state index is 13.6. The van der Waals surface area contributed by atoms with E-state index < -0.39 is 10.0 Å². The zero-order chi connectivity index (χ0) is 25.2. The van der Waals surface area contributed by atoms with Gasteiger partial charge in [-0.3, -0.25) is 9.69 Å². The number of halogens is 1. The van der Waals surface area contributed by atoms with Crippen molar-refractivity contribution in [2.45, 2.75) is 24.2 Å². The number of sulfonamides is 1. The van der Waals surface area contributed by atoms with Crippen molar-refractivity contribution in [2.75, 3.05) is 52.3 Å². The number of aromatic nitrogens is 1. The van der Waals surface area contributed by atoms with Gasteiger partial charge in [-0.1, -0.05) is 22.9 Å². The van der Waals surface area contributed by atoms with E-state index in [-0.39, 0.29) is 10.8 Å². The summed E-state index contributed by atoms with van der Waals surface area (Å²) in [5.41, 5.74) is 1.00. The van der Waals surface area contributed by atoms with Gasteiger partial charge in [0.1, 0.15) is 11.3 Å². The number of amides is 1. The summed E-state index contributed by atoms with van der Waals surface area (Å²) in [7, 11) is 1.99. The molecule has 3 aromatic rings. The maximum atomic E-state index is 13.6. The lowest BCUT2D eigenvalue weighted by molar-refractivity contribution is 0.0986. The van der Waals surface area contributed by atoms with Crippen molar-refractivity contribution < 1.29 is 17.9 Å². The number of nitrogens with zero attached hydrogens (tertiary/aromatic N) is 4. The molecule has 1 amide bonds. The second-order valence-electron chi connectivity index (χ2n) is 8.67. The molecule has 0 saturated carbocycles. The lowest BCUT2D eigenvalue weighted by Gasteiger charge is -2.21. The predicted molar refractivity (Wildman–Crippen MR) is 140 cm³/mol. The Bertz CT molecular complexity index is 1300. The van der Waals surface area contributed by atoms with E-state index in [1.807, 2.05) is 14.1 Å². The van der Waals surface area contributed by atoms with E-state index in [2.05, 4.69) is 4.90 Å². The minimum absolute atomic E-state index is 0.201. The number of hydrogen-bond acceptors (Lipinski definition) is 7. The third-order valence-electron chi connectivity index (χ3n) is 5.93. The van der Waals surface area contributed by atoms with Crippen LogP contribution in [-0.4, -0.2) is 75.9 Å². The molecule has 1 saturated heterocycles. The van der Waals surface area contributed by atoms with Gasteiger partial charge < -0.3 is 9.64 Å². The number of benzene rings is 2. The molecule has 0 radical (unpaired) electrons. The molecule has 0 spiro atoms. The summed E-state index contributed by atoms with van der Waals surface area (Å²) in [6.07, 6.45) is 2.48. The van der Waals surface area contributed by atoms with E-state index in [0.29, 0.717) is 46.6 Å². The summed E-state index contributed by atoms with van der Waals surface area (Å²) >= 11 is 7.74. The number of thiazole rings is 1. The van der Waals surface area contributed by atoms with Crippen LogP contribution < -0.4 is 9.64 Å². The third-order valence-corrected chi connectivity index (χ3v) is 9.39. The third kappa shape index (κ3) is 5.46. The average Bonchev–Trinajstić information content (AvgIpc) is 3.53. The van der Waals surface area contributed by atoms with E-state index in [1.54, 1.807) is 36.3 Å². The van der Waals surface area contributed by atoms with Crippen molar-refractivity contribution in [3.8, 4) is 5.75 Å². The molecule has 8 nitrogen and oxygen atoms in total. The lowest BCUT2D eigenvalue weighted by Crippen LogP contribution is -2.33. The fourth-order valence-electron chi connectivity index (χ4n) is 4.05. The van der Waals surface area contributed by atoms with Gasteiger partial charge in [0.05, 0.1) is 21.7 Å². The van der Waals surface area contributed by atoms with Crippen LogP contribution in [0.15, 0.2) is 41.3 Å². The van der Waals surface area contributed by atoms with E-state index >= 15 is 0 Å². The Morgan fingerprint density at radius 1 is 1.11 bits per heavy atom. The molecular weight excluding hydrogens is 508 g/mol. The molecule has 0 bridgehead atoms. The van der Waals surface area contributed by atoms with E-state index in [4.69, 9.17) is 21.3 Å². The maximum Gasteiger partial charge on any atom is 0.260 e. The van der Waals surface area contributed by atoms with Crippen LogP contribution in [0.4, 0.5) is 5.13 Å². The molecule has 1 fully saturated rings. The number of fused-ring (bicyclic) bond motifs is 1. The Labute approximate surface area is 215 Å². The number of carbonyl (C=O) groups is 1. The van der Waals surface area contributed by atoms with Crippen LogP contribution >= 0.6 is 22.9 Å². The van der Waals surface area contributed by atoms with Gasteiger partial charge in [0.2, 0.25) is 10.0 Å². The molecule has 0 unspecified atom stereocenters. The van der Waals surface area contributed by atoms with Crippen LogP contribution in [0.3, 0.4) is 0 Å². The van der Waals surface area contributed by atoms with E-state index in [9.17, 15) is 13.2 Å². The molecule has 1 aliphatic rings. The Morgan fingerprint density at radius 3 is 2.43 bits per heavy atom. The predicted octanol–water partition coefficient (Wildman–Crippen LogP) is 4.34. The van der Waals surface area contributed by atoms with E-state index in [0.717, 1.165) is 30.5 Å². The molecule has 0 atom stereocenters. The van der Waals surface area contributed by atoms with Gasteiger partial charge in [0, 0.05) is 25.2 Å². The van der Waals surface area contributed by atoms with Crippen molar-refractivity contribution in [1.29, 1.82) is 0 Å². The molecule has 1 aliphatic heterocycles. The molecule has 2 aromatic carbocycles. The first-order valence-electron chi connectivity index (χ1n) is 11.4. The van der Waals surface area contributed by atoms with Crippen LogP contribution in [-0.2, 0) is 10.0 Å². The SMILES string of the molecule is COc1ccc(Cl)c2sc(N(CCCN(C)C)C(=O)c3ccc(S(=O)(=O)N4CCCC4)cc3)nc12. The summed E-state index contributed by atoms with van der Waals surface area (Å²) < 4.78 is 33.4. The summed E-state index contributed by atoms with van der Waals surface area (Å²) in [4.78, 5) is 22.2. The van der Waals surface area contributed by atoms with Gasteiger partial charge in [-0.15, -0.1) is 0 Å². The number of carbonyl (C=O) groups excluding carboxylic acids is 1. The first-order chi connectivity index (χ1) is 16.7. The highest BCUT2D eigenvalue weighted by molar-refractivity contribution is 7.89. The smallest absolute Gasteiger partial charge is 0.260 e. The van der Waals surface area contributed by atoms with Crippen molar-refractivity contribution in [3.05, 3.63) is 47.0 Å². The molecule has 11 heteroatoms. The van der Waals surface area contributed by atoms with Crippen molar-refractivity contribution in [2.24, 2.45) is 0 Å². The highest BCUT2D eigenvalue weighted by atomic mass is 35.5. The molecule has 1 aromatic heterocycles. The average molecular weight is 537 g/mol. The van der Waals surface area contributed by atoms with Crippen LogP contribution in [0, 0.1) is 0 Å². The highest BCUT2D eigenvalue weighted by Gasteiger charge is 2.28. The zero-order valence-electron chi connectivity index (χ0n) is 20.0. The Kier molecular flexibility index (Phi) is 7.97. The number of ether oxygens (including phenoxy) is 1.